The van der Waals surface area contributed by atoms with Gasteiger partial charge in [0.15, 0.2) is 5.96 Å². The van der Waals surface area contributed by atoms with Crippen LogP contribution in [0, 0.1) is 0 Å². The third-order valence-corrected chi connectivity index (χ3v) is 4.41. The summed E-state index contributed by atoms with van der Waals surface area (Å²) in [6.07, 6.45) is 0. The highest BCUT2D eigenvalue weighted by molar-refractivity contribution is 14.0. The molecule has 0 aliphatic rings. The molecule has 0 amide bonds. The second-order valence-electron chi connectivity index (χ2n) is 6.29. The van der Waals surface area contributed by atoms with Crippen molar-refractivity contribution in [3.8, 4) is 5.75 Å². The maximum absolute atomic E-state index is 5.45. The molecule has 0 saturated heterocycles. The first-order valence-electron chi connectivity index (χ1n) is 8.78. The molecular weight excluding hydrogens is 437 g/mol. The Morgan fingerprint density at radius 3 is 2.12 bits per heavy atom. The quantitative estimate of drug-likeness (QED) is 0.361. The molecule has 0 fully saturated rings. The van der Waals surface area contributed by atoms with Crippen LogP contribution in [0.4, 0.5) is 0 Å². The van der Waals surface area contributed by atoms with Gasteiger partial charge in [-0.1, -0.05) is 62.4 Å². The van der Waals surface area contributed by atoms with Gasteiger partial charge in [0.1, 0.15) is 5.75 Å². The summed E-state index contributed by atoms with van der Waals surface area (Å²) < 4.78 is 5.45. The van der Waals surface area contributed by atoms with Gasteiger partial charge in [-0.25, -0.2) is 0 Å². The number of ether oxygens (including phenoxy) is 1. The predicted octanol–water partition coefficient (Wildman–Crippen LogP) is 4.39. The lowest BCUT2D eigenvalue weighted by molar-refractivity contribution is 0.406. The van der Waals surface area contributed by atoms with Crippen molar-refractivity contribution in [2.45, 2.75) is 25.7 Å². The fourth-order valence-electron chi connectivity index (χ4n) is 2.80. The van der Waals surface area contributed by atoms with Crippen molar-refractivity contribution >= 4 is 29.9 Å². The fourth-order valence-corrected chi connectivity index (χ4v) is 2.80. The number of para-hydroxylation sites is 1. The molecule has 2 N–H and O–H groups in total. The van der Waals surface area contributed by atoms with Crippen LogP contribution in [0.3, 0.4) is 0 Å². The van der Waals surface area contributed by atoms with Crippen LogP contribution in [0.2, 0.25) is 0 Å². The Labute approximate surface area is 174 Å². The third kappa shape index (κ3) is 6.52. The maximum atomic E-state index is 5.45. The van der Waals surface area contributed by atoms with Gasteiger partial charge in [-0.05, 0) is 23.1 Å². The summed E-state index contributed by atoms with van der Waals surface area (Å²) in [4.78, 5) is 4.33. The lowest BCUT2D eigenvalue weighted by Crippen LogP contribution is -2.40. The normalized spacial score (nSPS) is 13.3. The van der Waals surface area contributed by atoms with Crippen molar-refractivity contribution in [3.05, 3.63) is 65.7 Å². The molecule has 2 aromatic rings. The van der Waals surface area contributed by atoms with E-state index < -0.39 is 0 Å². The molecule has 5 heteroatoms. The first kappa shape index (κ1) is 22.3. The summed E-state index contributed by atoms with van der Waals surface area (Å²) in [5, 5.41) is 6.82. The van der Waals surface area contributed by atoms with Crippen LogP contribution in [-0.2, 0) is 0 Å². The second kappa shape index (κ2) is 11.8. The smallest absolute Gasteiger partial charge is 0.191 e. The Morgan fingerprint density at radius 2 is 1.50 bits per heavy atom. The van der Waals surface area contributed by atoms with E-state index in [9.17, 15) is 0 Å². The molecule has 0 spiro atoms. The van der Waals surface area contributed by atoms with Crippen LogP contribution in [0.1, 0.15) is 36.8 Å². The SMILES string of the molecule is CN=C(NCC(C)c1ccccc1)NCC(C)c1ccccc1OC.I. The van der Waals surface area contributed by atoms with Crippen LogP contribution in [-0.4, -0.2) is 33.2 Å². The van der Waals surface area contributed by atoms with Gasteiger partial charge in [-0.15, -0.1) is 24.0 Å². The number of halogens is 1. The highest BCUT2D eigenvalue weighted by Crippen LogP contribution is 2.25. The predicted molar refractivity (Wildman–Crippen MR) is 121 cm³/mol. The zero-order valence-electron chi connectivity index (χ0n) is 16.0. The van der Waals surface area contributed by atoms with Crippen LogP contribution in [0.25, 0.3) is 0 Å². The topological polar surface area (TPSA) is 45.7 Å². The lowest BCUT2D eigenvalue weighted by Gasteiger charge is -2.20. The van der Waals surface area contributed by atoms with Gasteiger partial charge >= 0.3 is 0 Å². The van der Waals surface area contributed by atoms with E-state index in [1.807, 2.05) is 24.3 Å². The van der Waals surface area contributed by atoms with E-state index in [0.717, 1.165) is 24.8 Å². The van der Waals surface area contributed by atoms with Gasteiger partial charge in [0.05, 0.1) is 7.11 Å². The Hall–Kier alpha value is -1.76. The summed E-state index contributed by atoms with van der Waals surface area (Å²) in [5.41, 5.74) is 2.53. The number of guanidine groups is 1. The average molecular weight is 467 g/mol. The van der Waals surface area contributed by atoms with E-state index >= 15 is 0 Å². The molecule has 0 aliphatic heterocycles. The molecule has 26 heavy (non-hydrogen) atoms. The van der Waals surface area contributed by atoms with E-state index in [1.54, 1.807) is 14.2 Å². The molecule has 0 radical (unpaired) electrons. The van der Waals surface area contributed by atoms with E-state index in [1.165, 1.54) is 11.1 Å². The monoisotopic (exact) mass is 467 g/mol. The van der Waals surface area contributed by atoms with Crippen molar-refractivity contribution in [2.75, 3.05) is 27.2 Å². The standard InChI is InChI=1S/C21H29N3O.HI/c1-16(18-10-6-5-7-11-18)14-23-21(22-3)24-15-17(2)19-12-8-9-13-20(19)25-4;/h5-13,16-17H,14-15H2,1-4H3,(H2,22,23,24);1H. The molecule has 0 aliphatic carbocycles. The Morgan fingerprint density at radius 1 is 0.923 bits per heavy atom. The number of nitrogens with one attached hydrogen (secondary N) is 2. The minimum Gasteiger partial charge on any atom is -0.496 e. The van der Waals surface area contributed by atoms with Crippen LogP contribution in [0.15, 0.2) is 59.6 Å². The molecule has 2 unspecified atom stereocenters. The van der Waals surface area contributed by atoms with E-state index in [-0.39, 0.29) is 24.0 Å². The highest BCUT2D eigenvalue weighted by atomic mass is 127. The van der Waals surface area contributed by atoms with Crippen LogP contribution >= 0.6 is 24.0 Å². The number of hydrogen-bond donors (Lipinski definition) is 2. The van der Waals surface area contributed by atoms with Gasteiger partial charge < -0.3 is 15.4 Å². The van der Waals surface area contributed by atoms with Gasteiger partial charge in [0.2, 0.25) is 0 Å². The molecule has 0 saturated carbocycles. The second-order valence-corrected chi connectivity index (χ2v) is 6.29. The van der Waals surface area contributed by atoms with Crippen molar-refractivity contribution < 1.29 is 4.74 Å². The van der Waals surface area contributed by atoms with Gasteiger partial charge in [0.25, 0.3) is 0 Å². The summed E-state index contributed by atoms with van der Waals surface area (Å²) >= 11 is 0. The molecule has 2 atom stereocenters. The van der Waals surface area contributed by atoms with E-state index in [0.29, 0.717) is 11.8 Å². The van der Waals surface area contributed by atoms with Crippen molar-refractivity contribution in [3.63, 3.8) is 0 Å². The van der Waals surface area contributed by atoms with Crippen LogP contribution < -0.4 is 15.4 Å². The molecule has 0 heterocycles. The number of nitrogens with zero attached hydrogens (tertiary/aromatic N) is 1. The Balaban J connectivity index is 0.00000338. The summed E-state index contributed by atoms with van der Waals surface area (Å²) in [7, 11) is 3.51. The molecule has 2 rings (SSSR count). The molecule has 2 aromatic carbocycles. The van der Waals surface area contributed by atoms with E-state index in [4.69, 9.17) is 4.74 Å². The van der Waals surface area contributed by atoms with Crippen LogP contribution in [0.5, 0.6) is 5.75 Å². The Kier molecular flexibility index (Phi) is 10.1. The number of benzene rings is 2. The van der Waals surface area contributed by atoms with Gasteiger partial charge in [-0.2, -0.15) is 0 Å². The third-order valence-electron chi connectivity index (χ3n) is 4.41. The number of methoxy groups -OCH3 is 1. The molecule has 4 nitrogen and oxygen atoms in total. The number of aliphatic imine (C=N–C) groups is 1. The molecular formula is C21H30IN3O. The Bertz CT molecular complexity index is 676. The molecule has 0 bridgehead atoms. The average Bonchev–Trinajstić information content (AvgIpc) is 2.68. The zero-order chi connectivity index (χ0) is 18.1. The van der Waals surface area contributed by atoms with Gasteiger partial charge in [0, 0.05) is 26.1 Å². The molecule has 0 aromatic heterocycles. The number of rotatable bonds is 7. The first-order chi connectivity index (χ1) is 12.2. The zero-order valence-corrected chi connectivity index (χ0v) is 18.4. The number of hydrogen-bond acceptors (Lipinski definition) is 2. The van der Waals surface area contributed by atoms with Gasteiger partial charge in [-0.3, -0.25) is 4.99 Å². The fraction of sp³-hybridized carbons (Fsp3) is 0.381. The van der Waals surface area contributed by atoms with E-state index in [2.05, 4.69) is 59.8 Å². The largest absolute Gasteiger partial charge is 0.496 e. The summed E-state index contributed by atoms with van der Waals surface area (Å²) in [6.45, 7) is 6.03. The minimum absolute atomic E-state index is 0. The first-order valence-corrected chi connectivity index (χ1v) is 8.78. The minimum atomic E-state index is 0. The highest BCUT2D eigenvalue weighted by Gasteiger charge is 2.12. The van der Waals surface area contributed by atoms with Crippen molar-refractivity contribution in [2.24, 2.45) is 4.99 Å². The lowest BCUT2D eigenvalue weighted by atomic mass is 10.00. The molecule has 142 valence electrons. The van der Waals surface area contributed by atoms with Crippen molar-refractivity contribution in [1.29, 1.82) is 0 Å². The van der Waals surface area contributed by atoms with Crippen molar-refractivity contribution in [1.82, 2.24) is 10.6 Å². The summed E-state index contributed by atoms with van der Waals surface area (Å²) in [5.74, 6) is 2.50. The summed E-state index contributed by atoms with van der Waals surface area (Å²) in [6, 6.07) is 18.7. The maximum Gasteiger partial charge on any atom is 0.191 e.